The van der Waals surface area contributed by atoms with Crippen molar-refractivity contribution < 1.29 is 14.9 Å². The van der Waals surface area contributed by atoms with Crippen LogP contribution < -0.4 is 0 Å². The predicted octanol–water partition coefficient (Wildman–Crippen LogP) is -0.444. The lowest BCUT2D eigenvalue weighted by Gasteiger charge is -2.05. The second-order valence-electron chi connectivity index (χ2n) is 3.63. The summed E-state index contributed by atoms with van der Waals surface area (Å²) < 4.78 is 6.83. The van der Waals surface area contributed by atoms with Crippen LogP contribution in [0.4, 0.5) is 0 Å². The van der Waals surface area contributed by atoms with Gasteiger partial charge in [0.05, 0.1) is 38.2 Å². The Kier molecular flexibility index (Phi) is 4.67. The molecule has 6 heteroatoms. The van der Waals surface area contributed by atoms with E-state index in [2.05, 4.69) is 10.3 Å². The summed E-state index contributed by atoms with van der Waals surface area (Å²) in [6.45, 7) is 4.26. The van der Waals surface area contributed by atoms with Crippen molar-refractivity contribution in [3.63, 3.8) is 0 Å². The van der Waals surface area contributed by atoms with Gasteiger partial charge in [-0.25, -0.2) is 4.68 Å². The first-order valence-corrected chi connectivity index (χ1v) is 4.91. The van der Waals surface area contributed by atoms with Crippen LogP contribution in [0.25, 0.3) is 0 Å². The van der Waals surface area contributed by atoms with Crippen molar-refractivity contribution in [1.29, 1.82) is 0 Å². The maximum atomic E-state index is 9.17. The molecule has 0 bridgehead atoms. The Bertz CT molecular complexity index is 288. The lowest BCUT2D eigenvalue weighted by atomic mass is 10.4. The number of hydrogen-bond donors (Lipinski definition) is 2. The van der Waals surface area contributed by atoms with Gasteiger partial charge in [-0.2, -0.15) is 0 Å². The van der Waals surface area contributed by atoms with E-state index in [1.165, 1.54) is 4.68 Å². The average molecular weight is 215 g/mol. The smallest absolute Gasteiger partial charge is 0.108 e. The van der Waals surface area contributed by atoms with Crippen LogP contribution in [0.15, 0.2) is 6.20 Å². The minimum absolute atomic E-state index is 0.151. The van der Waals surface area contributed by atoms with Gasteiger partial charge < -0.3 is 14.9 Å². The van der Waals surface area contributed by atoms with Crippen molar-refractivity contribution in [2.24, 2.45) is 0 Å². The molecule has 86 valence electrons. The highest BCUT2D eigenvalue weighted by Gasteiger charge is 2.06. The number of rotatable bonds is 6. The molecule has 15 heavy (non-hydrogen) atoms. The molecule has 0 aromatic carbocycles. The fourth-order valence-electron chi connectivity index (χ4n) is 1.02. The van der Waals surface area contributed by atoms with E-state index in [-0.39, 0.29) is 19.3 Å². The number of hydrogen-bond acceptors (Lipinski definition) is 5. The molecular weight excluding hydrogens is 198 g/mol. The van der Waals surface area contributed by atoms with Gasteiger partial charge in [-0.15, -0.1) is 5.10 Å². The van der Waals surface area contributed by atoms with Gasteiger partial charge in [0.1, 0.15) is 5.69 Å². The maximum Gasteiger partial charge on any atom is 0.108 e. The second-order valence-corrected chi connectivity index (χ2v) is 3.63. The molecule has 6 nitrogen and oxygen atoms in total. The first kappa shape index (κ1) is 12.1. The minimum atomic E-state index is -0.800. The van der Waals surface area contributed by atoms with Gasteiger partial charge >= 0.3 is 0 Å². The van der Waals surface area contributed by atoms with Crippen LogP contribution in [0.3, 0.4) is 0 Å². The third-order valence-electron chi connectivity index (χ3n) is 1.76. The third kappa shape index (κ3) is 4.37. The Balaban J connectivity index is 2.42. The topological polar surface area (TPSA) is 80.4 Å². The van der Waals surface area contributed by atoms with Crippen LogP contribution >= 0.6 is 0 Å². The monoisotopic (exact) mass is 215 g/mol. The molecule has 0 radical (unpaired) electrons. The largest absolute Gasteiger partial charge is 0.394 e. The van der Waals surface area contributed by atoms with Crippen LogP contribution in [0.1, 0.15) is 19.5 Å². The van der Waals surface area contributed by atoms with E-state index < -0.39 is 6.10 Å². The van der Waals surface area contributed by atoms with E-state index >= 15 is 0 Å². The summed E-state index contributed by atoms with van der Waals surface area (Å²) in [5, 5.41) is 25.5. The molecule has 0 amide bonds. The zero-order valence-corrected chi connectivity index (χ0v) is 9.00. The normalized spacial score (nSPS) is 13.4. The van der Waals surface area contributed by atoms with Crippen molar-refractivity contribution in [2.45, 2.75) is 39.2 Å². The summed E-state index contributed by atoms with van der Waals surface area (Å²) in [7, 11) is 0. The Labute approximate surface area is 88.5 Å². The molecule has 0 saturated heterocycles. The highest BCUT2D eigenvalue weighted by atomic mass is 16.5. The zero-order valence-electron chi connectivity index (χ0n) is 9.00. The lowest BCUT2D eigenvalue weighted by Crippen LogP contribution is -2.20. The predicted molar refractivity (Wildman–Crippen MR) is 53.0 cm³/mol. The van der Waals surface area contributed by atoms with Crippen molar-refractivity contribution in [3.05, 3.63) is 11.9 Å². The van der Waals surface area contributed by atoms with Gasteiger partial charge in [0.25, 0.3) is 0 Å². The Morgan fingerprint density at radius 1 is 1.53 bits per heavy atom. The molecule has 0 fully saturated rings. The fourth-order valence-corrected chi connectivity index (χ4v) is 1.02. The number of nitrogens with zero attached hydrogens (tertiary/aromatic N) is 3. The summed E-state index contributed by atoms with van der Waals surface area (Å²) in [5.41, 5.74) is 0.717. The Hall–Kier alpha value is -0.980. The summed E-state index contributed by atoms with van der Waals surface area (Å²) in [6.07, 6.45) is 1.05. The number of ether oxygens (including phenoxy) is 1. The first-order chi connectivity index (χ1) is 7.11. The number of aliphatic hydroxyl groups is 2. The van der Waals surface area contributed by atoms with Crippen LogP contribution in [-0.2, 0) is 17.9 Å². The maximum absolute atomic E-state index is 9.17. The summed E-state index contributed by atoms with van der Waals surface area (Å²) in [6, 6.07) is 0. The third-order valence-corrected chi connectivity index (χ3v) is 1.76. The average Bonchev–Trinajstić information content (AvgIpc) is 2.62. The molecule has 0 aliphatic heterocycles. The molecule has 2 N–H and O–H groups in total. The molecule has 1 unspecified atom stereocenters. The van der Waals surface area contributed by atoms with Gasteiger partial charge in [0, 0.05) is 0 Å². The number of aromatic nitrogens is 3. The standard InChI is InChI=1S/C9H17N3O3/c1-7(2)15-6-8-3-12(11-10-8)4-9(14)5-13/h3,7,9,13-14H,4-6H2,1-2H3. The van der Waals surface area contributed by atoms with E-state index in [9.17, 15) is 0 Å². The number of aliphatic hydroxyl groups excluding tert-OH is 2. The van der Waals surface area contributed by atoms with Gasteiger partial charge in [0.2, 0.25) is 0 Å². The second kappa shape index (κ2) is 5.79. The highest BCUT2D eigenvalue weighted by molar-refractivity contribution is 4.89. The molecule has 1 rings (SSSR count). The molecule has 0 aliphatic carbocycles. The molecule has 1 aromatic rings. The van der Waals surface area contributed by atoms with E-state index in [1.807, 2.05) is 13.8 Å². The minimum Gasteiger partial charge on any atom is -0.394 e. The molecule has 0 spiro atoms. The van der Waals surface area contributed by atoms with Crippen molar-refractivity contribution in [3.8, 4) is 0 Å². The molecule has 1 atom stereocenters. The van der Waals surface area contributed by atoms with Crippen LogP contribution in [-0.4, -0.2) is 44.0 Å². The molecule has 1 heterocycles. The van der Waals surface area contributed by atoms with Crippen LogP contribution in [0.2, 0.25) is 0 Å². The van der Waals surface area contributed by atoms with Gasteiger partial charge in [-0.05, 0) is 13.8 Å². The van der Waals surface area contributed by atoms with E-state index in [4.69, 9.17) is 14.9 Å². The molecular formula is C9H17N3O3. The lowest BCUT2D eigenvalue weighted by molar-refractivity contribution is 0.0634. The van der Waals surface area contributed by atoms with Crippen molar-refractivity contribution in [2.75, 3.05) is 6.61 Å². The highest BCUT2D eigenvalue weighted by Crippen LogP contribution is 2.00. The molecule has 1 aromatic heterocycles. The van der Waals surface area contributed by atoms with Crippen LogP contribution in [0, 0.1) is 0 Å². The van der Waals surface area contributed by atoms with Crippen molar-refractivity contribution in [1.82, 2.24) is 15.0 Å². The van der Waals surface area contributed by atoms with Gasteiger partial charge in [-0.1, -0.05) is 5.21 Å². The van der Waals surface area contributed by atoms with Gasteiger partial charge in [0.15, 0.2) is 0 Å². The zero-order chi connectivity index (χ0) is 11.3. The molecule has 0 aliphatic rings. The fraction of sp³-hybridized carbons (Fsp3) is 0.778. The molecule has 0 saturated carbocycles. The summed E-state index contributed by atoms with van der Waals surface area (Å²) >= 11 is 0. The summed E-state index contributed by atoms with van der Waals surface area (Å²) in [4.78, 5) is 0. The first-order valence-electron chi connectivity index (χ1n) is 4.91. The Morgan fingerprint density at radius 3 is 2.87 bits per heavy atom. The van der Waals surface area contributed by atoms with Crippen molar-refractivity contribution >= 4 is 0 Å². The summed E-state index contributed by atoms with van der Waals surface area (Å²) in [5.74, 6) is 0. The van der Waals surface area contributed by atoms with Crippen LogP contribution in [0.5, 0.6) is 0 Å². The quantitative estimate of drug-likeness (QED) is 0.672. The van der Waals surface area contributed by atoms with E-state index in [1.54, 1.807) is 6.20 Å². The van der Waals surface area contributed by atoms with E-state index in [0.717, 1.165) is 0 Å². The Morgan fingerprint density at radius 2 is 2.27 bits per heavy atom. The van der Waals surface area contributed by atoms with Gasteiger partial charge in [-0.3, -0.25) is 0 Å². The van der Waals surface area contributed by atoms with E-state index in [0.29, 0.717) is 12.3 Å². The SMILES string of the molecule is CC(C)OCc1cn(CC(O)CO)nn1.